The molecule has 0 spiro atoms. The van der Waals surface area contributed by atoms with Gasteiger partial charge in [-0.2, -0.15) is 0 Å². The van der Waals surface area contributed by atoms with E-state index in [2.05, 4.69) is 15.2 Å². The Hall–Kier alpha value is -3.35. The number of carbonyl (C=O) groups is 4. The largest absolute Gasteiger partial charge is 0.469 e. The maximum atomic E-state index is 13.2. The van der Waals surface area contributed by atoms with E-state index in [1.54, 1.807) is 6.92 Å². The van der Waals surface area contributed by atoms with Crippen LogP contribution in [0.25, 0.3) is 10.8 Å². The van der Waals surface area contributed by atoms with E-state index in [0.717, 1.165) is 23.3 Å². The quantitative estimate of drug-likeness (QED) is 0.225. The molecule has 1 aliphatic rings. The van der Waals surface area contributed by atoms with Crippen molar-refractivity contribution >= 4 is 42.2 Å². The first-order valence-corrected chi connectivity index (χ1v) is 13.9. The third kappa shape index (κ3) is 8.32. The Morgan fingerprint density at radius 2 is 1.82 bits per heavy atom. The number of nitrogens with two attached hydrogens (primary N) is 1. The van der Waals surface area contributed by atoms with Gasteiger partial charge in [-0.15, -0.1) is 0 Å². The lowest BCUT2D eigenvalue weighted by Gasteiger charge is -2.30. The van der Waals surface area contributed by atoms with E-state index in [1.165, 1.54) is 4.90 Å². The molecule has 0 unspecified atom stereocenters. The van der Waals surface area contributed by atoms with Crippen molar-refractivity contribution in [2.24, 2.45) is 5.73 Å². The second-order valence-corrected chi connectivity index (χ2v) is 10.5. The second kappa shape index (κ2) is 13.1. The predicted octanol–water partition coefficient (Wildman–Crippen LogP) is 0.320. The maximum Gasteiger partial charge on any atom is 0.469 e. The molecule has 4 amide bonds. The molecular weight excluding hydrogens is 531 g/mol. The summed E-state index contributed by atoms with van der Waals surface area (Å²) in [6.45, 7) is 2.25. The van der Waals surface area contributed by atoms with Crippen molar-refractivity contribution in [2.45, 2.75) is 57.5 Å². The van der Waals surface area contributed by atoms with Gasteiger partial charge in [-0.1, -0.05) is 42.5 Å². The van der Waals surface area contributed by atoms with Crippen molar-refractivity contribution in [2.75, 3.05) is 13.2 Å². The Balaban J connectivity index is 1.68. The first-order chi connectivity index (χ1) is 18.4. The van der Waals surface area contributed by atoms with E-state index in [4.69, 9.17) is 20.3 Å². The third-order valence-corrected chi connectivity index (χ3v) is 6.86. The number of ether oxygens (including phenoxy) is 1. The smallest absolute Gasteiger partial charge is 0.371 e. The summed E-state index contributed by atoms with van der Waals surface area (Å²) < 4.78 is 21.4. The molecule has 13 nitrogen and oxygen atoms in total. The fourth-order valence-electron chi connectivity index (χ4n) is 4.50. The molecule has 1 heterocycles. The van der Waals surface area contributed by atoms with E-state index < -0.39 is 62.3 Å². The highest BCUT2D eigenvalue weighted by atomic mass is 31.2. The summed E-state index contributed by atoms with van der Waals surface area (Å²) in [7, 11) is -4.92. The number of primary amides is 1. The summed E-state index contributed by atoms with van der Waals surface area (Å²) in [6.07, 6.45) is -0.0927. The number of hydrogen-bond acceptors (Lipinski definition) is 7. The van der Waals surface area contributed by atoms with Gasteiger partial charge < -0.3 is 35.8 Å². The van der Waals surface area contributed by atoms with Gasteiger partial charge in [0.15, 0.2) is 0 Å². The number of amides is 4. The molecule has 39 heavy (non-hydrogen) atoms. The van der Waals surface area contributed by atoms with Crippen LogP contribution in [0.3, 0.4) is 0 Å². The number of carbonyl (C=O) groups excluding carboxylic acids is 4. The molecule has 1 aliphatic heterocycles. The van der Waals surface area contributed by atoms with Gasteiger partial charge in [-0.05, 0) is 36.1 Å². The first kappa shape index (κ1) is 30.2. The molecule has 0 bridgehead atoms. The molecular formula is C25H33N4O9P. The Labute approximate surface area is 225 Å². The number of rotatable bonds is 12. The van der Waals surface area contributed by atoms with Crippen molar-refractivity contribution < 1.29 is 42.8 Å². The van der Waals surface area contributed by atoms with E-state index in [1.807, 2.05) is 42.5 Å². The number of phosphoric ester groups is 1. The predicted molar refractivity (Wildman–Crippen MR) is 140 cm³/mol. The lowest BCUT2D eigenvalue weighted by atomic mass is 10.1. The molecule has 212 valence electrons. The molecule has 14 heteroatoms. The van der Waals surface area contributed by atoms with E-state index in [9.17, 15) is 23.7 Å². The number of nitrogens with zero attached hydrogens (tertiary/aromatic N) is 1. The van der Waals surface area contributed by atoms with Crippen LogP contribution in [-0.2, 0) is 39.6 Å². The molecule has 1 saturated heterocycles. The number of fused-ring (bicyclic) bond motifs is 1. The fraction of sp³-hybridized carbons (Fsp3) is 0.440. The molecule has 6 N–H and O–H groups in total. The van der Waals surface area contributed by atoms with E-state index >= 15 is 0 Å². The van der Waals surface area contributed by atoms with Gasteiger partial charge in [0.05, 0.1) is 19.3 Å². The summed E-state index contributed by atoms with van der Waals surface area (Å²) in [5.41, 5.74) is 6.46. The van der Waals surface area contributed by atoms with Crippen LogP contribution in [0.4, 0.5) is 0 Å². The van der Waals surface area contributed by atoms with Crippen LogP contribution in [0.15, 0.2) is 42.5 Å². The van der Waals surface area contributed by atoms with Crippen LogP contribution in [0.5, 0.6) is 0 Å². The van der Waals surface area contributed by atoms with Crippen molar-refractivity contribution in [1.82, 2.24) is 15.5 Å². The summed E-state index contributed by atoms with van der Waals surface area (Å²) in [5.74, 6) is -2.86. The van der Waals surface area contributed by atoms with E-state index in [0.29, 0.717) is 6.42 Å². The topological polar surface area (TPSA) is 198 Å². The van der Waals surface area contributed by atoms with Crippen LogP contribution >= 0.6 is 7.82 Å². The normalized spacial score (nSPS) is 17.8. The van der Waals surface area contributed by atoms with Gasteiger partial charge in [-0.3, -0.25) is 23.7 Å². The zero-order valence-electron chi connectivity index (χ0n) is 21.6. The first-order valence-electron chi connectivity index (χ1n) is 12.3. The molecule has 3 rings (SSSR count). The van der Waals surface area contributed by atoms with Crippen molar-refractivity contribution in [3.8, 4) is 0 Å². The Kier molecular flexibility index (Phi) is 10.2. The highest BCUT2D eigenvalue weighted by Gasteiger charge is 2.40. The highest BCUT2D eigenvalue weighted by Crippen LogP contribution is 2.36. The number of hydrogen-bond donors (Lipinski definition) is 5. The van der Waals surface area contributed by atoms with Crippen LogP contribution in [0.2, 0.25) is 0 Å². The lowest BCUT2D eigenvalue weighted by Crippen LogP contribution is -2.58. The Morgan fingerprint density at radius 3 is 2.49 bits per heavy atom. The SMILES string of the molecule is CC(=O)N[C@@H](COP(=O)(O)O)C(=O)N1CCC[C@H]1C(=O)N[C@H](C(N)=O)[C@@H](C)OCc1cccc2ccccc12. The molecule has 0 aliphatic carbocycles. The summed E-state index contributed by atoms with van der Waals surface area (Å²) in [5, 5.41) is 6.88. The Morgan fingerprint density at radius 1 is 1.13 bits per heavy atom. The zero-order valence-corrected chi connectivity index (χ0v) is 22.5. The minimum absolute atomic E-state index is 0.150. The van der Waals surface area contributed by atoms with Gasteiger partial charge in [0.25, 0.3) is 0 Å². The average molecular weight is 565 g/mol. The molecule has 4 atom stereocenters. The molecule has 2 aromatic carbocycles. The molecule has 0 saturated carbocycles. The molecule has 0 radical (unpaired) electrons. The van der Waals surface area contributed by atoms with Crippen molar-refractivity contribution in [1.29, 1.82) is 0 Å². The number of nitrogens with one attached hydrogen (secondary N) is 2. The second-order valence-electron chi connectivity index (χ2n) is 9.27. The van der Waals surface area contributed by atoms with Gasteiger partial charge in [0.1, 0.15) is 18.1 Å². The maximum absolute atomic E-state index is 13.2. The Bertz CT molecular complexity index is 1260. The van der Waals surface area contributed by atoms with E-state index in [-0.39, 0.29) is 19.6 Å². The number of benzene rings is 2. The van der Waals surface area contributed by atoms with Crippen molar-refractivity contribution in [3.63, 3.8) is 0 Å². The highest BCUT2D eigenvalue weighted by molar-refractivity contribution is 7.46. The van der Waals surface area contributed by atoms with Gasteiger partial charge in [0.2, 0.25) is 23.6 Å². The van der Waals surface area contributed by atoms with Gasteiger partial charge in [-0.25, -0.2) is 4.57 Å². The molecule has 2 aromatic rings. The standard InChI is InChI=1S/C25H33N4O9P/c1-15(37-13-18-9-5-8-17-7-3-4-10-19(17)18)22(23(26)31)28-24(32)21-11-6-12-29(21)25(33)20(27-16(2)30)14-38-39(34,35)36/h3-5,7-10,15,20-22H,6,11-14H2,1-2H3,(H2,26,31)(H,27,30)(H,28,32)(H2,34,35,36)/t15-,20+,21+,22+/m1/s1. The van der Waals surface area contributed by atoms with Crippen LogP contribution in [0, 0.1) is 0 Å². The summed E-state index contributed by atoms with van der Waals surface area (Å²) in [6, 6.07) is 9.89. The van der Waals surface area contributed by atoms with Gasteiger partial charge >= 0.3 is 7.82 Å². The lowest BCUT2D eigenvalue weighted by molar-refractivity contribution is -0.143. The van der Waals surface area contributed by atoms with Crippen molar-refractivity contribution in [3.05, 3.63) is 48.0 Å². The third-order valence-electron chi connectivity index (χ3n) is 6.38. The van der Waals surface area contributed by atoms with Crippen LogP contribution in [0.1, 0.15) is 32.3 Å². The zero-order chi connectivity index (χ0) is 28.7. The fourth-order valence-corrected chi connectivity index (χ4v) is 4.84. The minimum Gasteiger partial charge on any atom is -0.371 e. The van der Waals surface area contributed by atoms with Gasteiger partial charge in [0, 0.05) is 13.5 Å². The average Bonchev–Trinajstić information content (AvgIpc) is 3.37. The summed E-state index contributed by atoms with van der Waals surface area (Å²) >= 11 is 0. The summed E-state index contributed by atoms with van der Waals surface area (Å²) in [4.78, 5) is 69.3. The monoisotopic (exact) mass is 564 g/mol. The molecule has 1 fully saturated rings. The molecule has 0 aromatic heterocycles. The number of likely N-dealkylation sites (tertiary alicyclic amines) is 1. The minimum atomic E-state index is -4.92. The van der Waals surface area contributed by atoms with Crippen LogP contribution in [-0.4, -0.2) is 75.7 Å². The van der Waals surface area contributed by atoms with Crippen LogP contribution < -0.4 is 16.4 Å². The number of phosphoric acid groups is 1.